The smallest absolute Gasteiger partial charge is 0.0935 e. The maximum Gasteiger partial charge on any atom is 0.0935 e. The van der Waals surface area contributed by atoms with Crippen LogP contribution in [0.4, 0.5) is 0 Å². The van der Waals surface area contributed by atoms with Gasteiger partial charge < -0.3 is 4.42 Å². The van der Waals surface area contributed by atoms with Crippen molar-refractivity contribution in [3.63, 3.8) is 0 Å². The highest BCUT2D eigenvalue weighted by molar-refractivity contribution is 14.1. The van der Waals surface area contributed by atoms with Crippen molar-refractivity contribution >= 4 is 22.6 Å². The van der Waals surface area contributed by atoms with Crippen LogP contribution in [0.25, 0.3) is 0 Å². The molecule has 0 aliphatic heterocycles. The summed E-state index contributed by atoms with van der Waals surface area (Å²) in [5, 5.41) is 0. The Hall–Kier alpha value is -0.850. The van der Waals surface area contributed by atoms with E-state index in [2.05, 4.69) is 40.1 Å². The second-order valence-electron chi connectivity index (χ2n) is 3.58. The van der Waals surface area contributed by atoms with Crippen LogP contribution >= 0.6 is 22.6 Å². The zero-order chi connectivity index (χ0) is 11.4. The molecule has 0 amide bonds. The van der Waals surface area contributed by atoms with Gasteiger partial charge in [0, 0.05) is 3.57 Å². The SMILES string of the molecule is NNC(Cc1ccoc1)c1ccccc1I. The molecule has 1 aromatic carbocycles. The molecule has 1 heterocycles. The average Bonchev–Trinajstić information content (AvgIpc) is 2.80. The summed E-state index contributed by atoms with van der Waals surface area (Å²) in [6, 6.07) is 10.3. The number of benzene rings is 1. The van der Waals surface area contributed by atoms with Crippen molar-refractivity contribution in [2.24, 2.45) is 5.84 Å². The summed E-state index contributed by atoms with van der Waals surface area (Å²) in [5.41, 5.74) is 5.21. The lowest BCUT2D eigenvalue weighted by molar-refractivity contribution is 0.534. The molecular formula is C12H13IN2O. The molecule has 4 heteroatoms. The number of rotatable bonds is 4. The van der Waals surface area contributed by atoms with Gasteiger partial charge in [-0.25, -0.2) is 0 Å². The van der Waals surface area contributed by atoms with E-state index >= 15 is 0 Å². The lowest BCUT2D eigenvalue weighted by Crippen LogP contribution is -2.30. The van der Waals surface area contributed by atoms with Crippen molar-refractivity contribution < 1.29 is 4.42 Å². The molecule has 0 radical (unpaired) electrons. The van der Waals surface area contributed by atoms with Crippen LogP contribution in [-0.4, -0.2) is 0 Å². The number of hydrazine groups is 1. The van der Waals surface area contributed by atoms with Gasteiger partial charge in [-0.2, -0.15) is 0 Å². The van der Waals surface area contributed by atoms with E-state index in [0.29, 0.717) is 0 Å². The van der Waals surface area contributed by atoms with Gasteiger partial charge in [0.1, 0.15) is 0 Å². The Morgan fingerprint density at radius 2 is 2.12 bits per heavy atom. The molecule has 1 aromatic heterocycles. The molecule has 0 saturated heterocycles. The summed E-state index contributed by atoms with van der Waals surface area (Å²) >= 11 is 2.32. The number of halogens is 1. The minimum atomic E-state index is 0.116. The largest absolute Gasteiger partial charge is 0.472 e. The second-order valence-corrected chi connectivity index (χ2v) is 4.74. The van der Waals surface area contributed by atoms with E-state index in [1.54, 1.807) is 12.5 Å². The van der Waals surface area contributed by atoms with E-state index in [9.17, 15) is 0 Å². The molecule has 84 valence electrons. The van der Waals surface area contributed by atoms with Crippen LogP contribution in [0.1, 0.15) is 17.2 Å². The predicted octanol–water partition coefficient (Wildman–Crippen LogP) is 2.63. The van der Waals surface area contributed by atoms with Gasteiger partial charge in [-0.05, 0) is 52.3 Å². The van der Waals surface area contributed by atoms with Gasteiger partial charge in [0.05, 0.1) is 18.6 Å². The lowest BCUT2D eigenvalue weighted by atomic mass is 10.0. The van der Waals surface area contributed by atoms with Gasteiger partial charge in [-0.3, -0.25) is 11.3 Å². The normalized spacial score (nSPS) is 12.6. The predicted molar refractivity (Wildman–Crippen MR) is 71.6 cm³/mol. The van der Waals surface area contributed by atoms with Crippen LogP contribution in [0.15, 0.2) is 47.3 Å². The lowest BCUT2D eigenvalue weighted by Gasteiger charge is -2.16. The highest BCUT2D eigenvalue weighted by Gasteiger charge is 2.13. The number of nitrogens with one attached hydrogen (secondary N) is 1. The first-order valence-corrected chi connectivity index (χ1v) is 6.10. The van der Waals surface area contributed by atoms with Crippen molar-refractivity contribution in [1.82, 2.24) is 5.43 Å². The van der Waals surface area contributed by atoms with Crippen molar-refractivity contribution in [3.8, 4) is 0 Å². The van der Waals surface area contributed by atoms with Crippen molar-refractivity contribution in [3.05, 3.63) is 57.6 Å². The van der Waals surface area contributed by atoms with Crippen molar-refractivity contribution in [1.29, 1.82) is 0 Å². The first-order valence-electron chi connectivity index (χ1n) is 5.03. The van der Waals surface area contributed by atoms with Crippen molar-refractivity contribution in [2.45, 2.75) is 12.5 Å². The molecule has 0 bridgehead atoms. The number of hydrogen-bond donors (Lipinski definition) is 2. The first-order chi connectivity index (χ1) is 7.81. The van der Waals surface area contributed by atoms with Crippen LogP contribution in [0.3, 0.4) is 0 Å². The average molecular weight is 328 g/mol. The third kappa shape index (κ3) is 2.63. The van der Waals surface area contributed by atoms with Gasteiger partial charge in [0.25, 0.3) is 0 Å². The topological polar surface area (TPSA) is 51.2 Å². The van der Waals surface area contributed by atoms with E-state index in [1.807, 2.05) is 18.2 Å². The summed E-state index contributed by atoms with van der Waals surface area (Å²) in [7, 11) is 0. The fraction of sp³-hybridized carbons (Fsp3) is 0.167. The van der Waals surface area contributed by atoms with Gasteiger partial charge in [0.15, 0.2) is 0 Å². The first kappa shape index (κ1) is 11.6. The Kier molecular flexibility index (Phi) is 3.98. The van der Waals surface area contributed by atoms with Crippen LogP contribution in [0, 0.1) is 3.57 Å². The summed E-state index contributed by atoms with van der Waals surface area (Å²) in [6.07, 6.45) is 4.26. The maximum absolute atomic E-state index is 5.61. The molecule has 1 unspecified atom stereocenters. The Morgan fingerprint density at radius 3 is 2.75 bits per heavy atom. The Morgan fingerprint density at radius 1 is 1.31 bits per heavy atom. The third-order valence-corrected chi connectivity index (χ3v) is 3.48. The summed E-state index contributed by atoms with van der Waals surface area (Å²) in [4.78, 5) is 0. The molecule has 0 aliphatic rings. The molecule has 3 N–H and O–H groups in total. The van der Waals surface area contributed by atoms with Gasteiger partial charge in [-0.15, -0.1) is 0 Å². The monoisotopic (exact) mass is 328 g/mol. The highest BCUT2D eigenvalue weighted by atomic mass is 127. The molecule has 0 saturated carbocycles. The van der Waals surface area contributed by atoms with Gasteiger partial charge in [0.2, 0.25) is 0 Å². The molecule has 3 nitrogen and oxygen atoms in total. The molecule has 0 fully saturated rings. The van der Waals surface area contributed by atoms with E-state index in [-0.39, 0.29) is 6.04 Å². The minimum absolute atomic E-state index is 0.116. The van der Waals surface area contributed by atoms with E-state index < -0.39 is 0 Å². The van der Waals surface area contributed by atoms with E-state index in [1.165, 1.54) is 9.13 Å². The minimum Gasteiger partial charge on any atom is -0.472 e. The fourth-order valence-electron chi connectivity index (χ4n) is 1.66. The van der Waals surface area contributed by atoms with Crippen molar-refractivity contribution in [2.75, 3.05) is 0 Å². The highest BCUT2D eigenvalue weighted by Crippen LogP contribution is 2.22. The van der Waals surface area contributed by atoms with E-state index in [0.717, 1.165) is 12.0 Å². The second kappa shape index (κ2) is 5.47. The molecular weight excluding hydrogens is 315 g/mol. The van der Waals surface area contributed by atoms with Gasteiger partial charge in [-0.1, -0.05) is 18.2 Å². The summed E-state index contributed by atoms with van der Waals surface area (Å²) in [6.45, 7) is 0. The van der Waals surface area contributed by atoms with Crippen LogP contribution in [0.5, 0.6) is 0 Å². The Balaban J connectivity index is 2.20. The maximum atomic E-state index is 5.61. The summed E-state index contributed by atoms with van der Waals surface area (Å²) < 4.78 is 6.27. The molecule has 1 atom stereocenters. The molecule has 2 rings (SSSR count). The molecule has 16 heavy (non-hydrogen) atoms. The number of hydrogen-bond acceptors (Lipinski definition) is 3. The fourth-order valence-corrected chi connectivity index (χ4v) is 2.42. The zero-order valence-electron chi connectivity index (χ0n) is 8.69. The Bertz CT molecular complexity index is 442. The number of furan rings is 1. The van der Waals surface area contributed by atoms with Crippen LogP contribution in [-0.2, 0) is 6.42 Å². The summed E-state index contributed by atoms with van der Waals surface area (Å²) in [5.74, 6) is 5.61. The van der Waals surface area contributed by atoms with Crippen LogP contribution in [0.2, 0.25) is 0 Å². The number of nitrogens with two attached hydrogens (primary N) is 1. The molecule has 2 aromatic rings. The van der Waals surface area contributed by atoms with Gasteiger partial charge >= 0.3 is 0 Å². The standard InChI is InChI=1S/C12H13IN2O/c13-11-4-2-1-3-10(11)12(15-14)7-9-5-6-16-8-9/h1-6,8,12,15H,7,14H2. The quantitative estimate of drug-likeness (QED) is 0.515. The van der Waals surface area contributed by atoms with E-state index in [4.69, 9.17) is 10.3 Å². The van der Waals surface area contributed by atoms with Crippen LogP contribution < -0.4 is 11.3 Å². The molecule has 0 spiro atoms. The Labute approximate surface area is 108 Å². The molecule has 0 aliphatic carbocycles. The zero-order valence-corrected chi connectivity index (χ0v) is 10.8. The third-order valence-electron chi connectivity index (χ3n) is 2.50.